The number of anilines is 1. The molecule has 1 aromatic heterocycles. The summed E-state index contributed by atoms with van der Waals surface area (Å²) in [5.74, 6) is 0.947. The van der Waals surface area contributed by atoms with Gasteiger partial charge in [-0.25, -0.2) is 4.98 Å². The van der Waals surface area contributed by atoms with Gasteiger partial charge in [-0.15, -0.1) is 0 Å². The number of ether oxygens (including phenoxy) is 1. The molecular weight excluding hydrogens is 420 g/mol. The van der Waals surface area contributed by atoms with Crippen LogP contribution in [0, 0.1) is 0 Å². The van der Waals surface area contributed by atoms with Gasteiger partial charge in [-0.05, 0) is 42.8 Å². The van der Waals surface area contributed by atoms with Crippen LogP contribution in [0.25, 0.3) is 11.0 Å². The number of hydrogen-bond acceptors (Lipinski definition) is 4. The summed E-state index contributed by atoms with van der Waals surface area (Å²) in [5, 5.41) is 2.97. The molecule has 2 aromatic carbocycles. The van der Waals surface area contributed by atoms with Gasteiger partial charge in [0, 0.05) is 49.1 Å². The Labute approximate surface area is 172 Å². The van der Waals surface area contributed by atoms with Crippen LogP contribution >= 0.6 is 15.9 Å². The van der Waals surface area contributed by atoms with Gasteiger partial charge in [0.15, 0.2) is 0 Å². The molecule has 0 aliphatic carbocycles. The molecule has 0 bridgehead atoms. The van der Waals surface area contributed by atoms with E-state index in [-0.39, 0.29) is 5.91 Å². The van der Waals surface area contributed by atoms with Crippen molar-refractivity contribution in [2.45, 2.75) is 19.5 Å². The van der Waals surface area contributed by atoms with E-state index in [0.29, 0.717) is 5.56 Å². The van der Waals surface area contributed by atoms with E-state index in [4.69, 9.17) is 9.72 Å². The SMILES string of the molecule is COCCCN1CCn2c(nc3cc(NC(=O)c4cccc(Br)c4)ccc32)C1. The fourth-order valence-electron chi connectivity index (χ4n) is 3.60. The minimum atomic E-state index is -0.131. The number of halogens is 1. The van der Waals surface area contributed by atoms with Crippen molar-refractivity contribution in [1.82, 2.24) is 14.5 Å². The lowest BCUT2D eigenvalue weighted by molar-refractivity contribution is 0.102. The first-order valence-electron chi connectivity index (χ1n) is 9.41. The second kappa shape index (κ2) is 8.43. The van der Waals surface area contributed by atoms with Crippen LogP contribution in [0.1, 0.15) is 22.6 Å². The number of nitrogens with one attached hydrogen (secondary N) is 1. The van der Waals surface area contributed by atoms with Crippen LogP contribution < -0.4 is 5.32 Å². The minimum Gasteiger partial charge on any atom is -0.385 e. The molecule has 1 aliphatic rings. The van der Waals surface area contributed by atoms with Gasteiger partial charge in [-0.2, -0.15) is 0 Å². The quantitative estimate of drug-likeness (QED) is 0.588. The maximum Gasteiger partial charge on any atom is 0.255 e. The Balaban J connectivity index is 1.50. The van der Waals surface area contributed by atoms with Crippen LogP contribution in [0.4, 0.5) is 5.69 Å². The van der Waals surface area contributed by atoms with Crippen molar-refractivity contribution in [3.05, 3.63) is 58.3 Å². The molecule has 0 atom stereocenters. The highest BCUT2D eigenvalue weighted by Crippen LogP contribution is 2.24. The summed E-state index contributed by atoms with van der Waals surface area (Å²) in [6.07, 6.45) is 1.03. The van der Waals surface area contributed by atoms with Crippen LogP contribution in [-0.4, -0.2) is 47.2 Å². The maximum atomic E-state index is 12.5. The number of carbonyl (C=O) groups excluding carboxylic acids is 1. The van der Waals surface area contributed by atoms with Crippen molar-refractivity contribution in [3.63, 3.8) is 0 Å². The minimum absolute atomic E-state index is 0.131. The lowest BCUT2D eigenvalue weighted by Crippen LogP contribution is -2.34. The molecule has 0 radical (unpaired) electrons. The number of fused-ring (bicyclic) bond motifs is 3. The zero-order valence-electron chi connectivity index (χ0n) is 15.8. The summed E-state index contributed by atoms with van der Waals surface area (Å²) in [6.45, 7) is 4.60. The first kappa shape index (κ1) is 19.1. The second-order valence-corrected chi connectivity index (χ2v) is 7.89. The molecule has 0 fully saturated rings. The highest BCUT2D eigenvalue weighted by atomic mass is 79.9. The molecule has 0 saturated carbocycles. The van der Waals surface area contributed by atoms with E-state index in [1.807, 2.05) is 30.3 Å². The van der Waals surface area contributed by atoms with Crippen molar-refractivity contribution in [1.29, 1.82) is 0 Å². The number of imidazole rings is 1. The predicted octanol–water partition coefficient (Wildman–Crippen LogP) is 3.90. The zero-order valence-corrected chi connectivity index (χ0v) is 17.4. The van der Waals surface area contributed by atoms with Gasteiger partial charge in [0.25, 0.3) is 5.91 Å². The van der Waals surface area contributed by atoms with Crippen LogP contribution in [0.15, 0.2) is 46.9 Å². The molecule has 7 heteroatoms. The Morgan fingerprint density at radius 1 is 1.25 bits per heavy atom. The van der Waals surface area contributed by atoms with Crippen molar-refractivity contribution in [2.24, 2.45) is 0 Å². The van der Waals surface area contributed by atoms with Gasteiger partial charge in [-0.1, -0.05) is 22.0 Å². The van der Waals surface area contributed by atoms with Gasteiger partial charge in [-0.3, -0.25) is 9.69 Å². The van der Waals surface area contributed by atoms with Crippen LogP contribution in [0.3, 0.4) is 0 Å². The molecule has 0 saturated heterocycles. The van der Waals surface area contributed by atoms with Crippen molar-refractivity contribution in [3.8, 4) is 0 Å². The lowest BCUT2D eigenvalue weighted by atomic mass is 10.2. The van der Waals surface area contributed by atoms with E-state index in [1.165, 1.54) is 0 Å². The average molecular weight is 443 g/mol. The molecule has 6 nitrogen and oxygen atoms in total. The number of hydrogen-bond donors (Lipinski definition) is 1. The number of methoxy groups -OCH3 is 1. The normalized spacial score (nSPS) is 14.2. The molecule has 1 amide bonds. The average Bonchev–Trinajstić information content (AvgIpc) is 3.05. The van der Waals surface area contributed by atoms with Gasteiger partial charge >= 0.3 is 0 Å². The molecule has 0 spiro atoms. The highest BCUT2D eigenvalue weighted by Gasteiger charge is 2.20. The lowest BCUT2D eigenvalue weighted by Gasteiger charge is -2.27. The van der Waals surface area contributed by atoms with Gasteiger partial charge in [0.1, 0.15) is 5.82 Å². The summed E-state index contributed by atoms with van der Waals surface area (Å²) < 4.78 is 8.31. The Hall–Kier alpha value is -2.22. The van der Waals surface area contributed by atoms with Crippen molar-refractivity contribution < 1.29 is 9.53 Å². The van der Waals surface area contributed by atoms with E-state index in [2.05, 4.69) is 30.7 Å². The third-order valence-electron chi connectivity index (χ3n) is 5.00. The number of amides is 1. The second-order valence-electron chi connectivity index (χ2n) is 6.97. The number of aromatic nitrogens is 2. The topological polar surface area (TPSA) is 59.4 Å². The number of nitrogens with zero attached hydrogens (tertiary/aromatic N) is 3. The molecule has 146 valence electrons. The van der Waals surface area contributed by atoms with Gasteiger partial charge in [0.05, 0.1) is 17.6 Å². The first-order chi connectivity index (χ1) is 13.6. The number of carbonyl (C=O) groups is 1. The number of benzene rings is 2. The summed E-state index contributed by atoms with van der Waals surface area (Å²) in [6, 6.07) is 13.3. The van der Waals surface area contributed by atoms with Crippen LogP contribution in [-0.2, 0) is 17.8 Å². The van der Waals surface area contributed by atoms with E-state index < -0.39 is 0 Å². The molecule has 28 heavy (non-hydrogen) atoms. The molecule has 1 aliphatic heterocycles. The molecule has 4 rings (SSSR count). The standard InChI is InChI=1S/C21H23BrN4O2/c1-28-11-3-8-25-9-10-26-19-7-6-17(13-18(19)24-20(26)14-25)23-21(27)15-4-2-5-16(22)12-15/h2,4-7,12-13H,3,8-11,14H2,1H3,(H,23,27). The Morgan fingerprint density at radius 3 is 2.96 bits per heavy atom. The van der Waals surface area contributed by atoms with Crippen LogP contribution in [0.2, 0.25) is 0 Å². The predicted molar refractivity (Wildman–Crippen MR) is 114 cm³/mol. The fraction of sp³-hybridized carbons (Fsp3) is 0.333. The summed E-state index contributed by atoms with van der Waals surface area (Å²) in [5.41, 5.74) is 3.41. The molecular formula is C21H23BrN4O2. The molecule has 2 heterocycles. The first-order valence-corrected chi connectivity index (χ1v) is 10.2. The third-order valence-corrected chi connectivity index (χ3v) is 5.49. The molecule has 1 N–H and O–H groups in total. The Bertz CT molecular complexity index is 1000. The van der Waals surface area contributed by atoms with Crippen LogP contribution in [0.5, 0.6) is 0 Å². The molecule has 3 aromatic rings. The third kappa shape index (κ3) is 4.11. The van der Waals surface area contributed by atoms with Crippen molar-refractivity contribution >= 4 is 38.6 Å². The smallest absolute Gasteiger partial charge is 0.255 e. The number of rotatable bonds is 6. The highest BCUT2D eigenvalue weighted by molar-refractivity contribution is 9.10. The monoisotopic (exact) mass is 442 g/mol. The van der Waals surface area contributed by atoms with E-state index in [0.717, 1.165) is 66.2 Å². The van der Waals surface area contributed by atoms with E-state index >= 15 is 0 Å². The van der Waals surface area contributed by atoms with E-state index in [1.54, 1.807) is 19.2 Å². The zero-order chi connectivity index (χ0) is 19.5. The summed E-state index contributed by atoms with van der Waals surface area (Å²) in [7, 11) is 1.74. The van der Waals surface area contributed by atoms with Gasteiger partial charge in [0.2, 0.25) is 0 Å². The van der Waals surface area contributed by atoms with Crippen molar-refractivity contribution in [2.75, 3.05) is 32.1 Å². The van der Waals surface area contributed by atoms with Gasteiger partial charge < -0.3 is 14.6 Å². The summed E-state index contributed by atoms with van der Waals surface area (Å²) in [4.78, 5) is 19.7. The van der Waals surface area contributed by atoms with E-state index in [9.17, 15) is 4.79 Å². The fourth-order valence-corrected chi connectivity index (χ4v) is 4.00. The molecule has 0 unspecified atom stereocenters. The Morgan fingerprint density at radius 2 is 2.14 bits per heavy atom. The summed E-state index contributed by atoms with van der Waals surface area (Å²) >= 11 is 3.40. The largest absolute Gasteiger partial charge is 0.385 e. The Kier molecular flexibility index (Phi) is 5.75. The maximum absolute atomic E-state index is 12.5.